The van der Waals surface area contributed by atoms with Crippen LogP contribution in [-0.2, 0) is 13.1 Å². The number of fused-ring (bicyclic) bond motifs is 1. The molecule has 2 aromatic carbocycles. The van der Waals surface area contributed by atoms with Crippen LogP contribution < -0.4 is 10.9 Å². The fourth-order valence-corrected chi connectivity index (χ4v) is 3.22. The minimum Gasteiger partial charge on any atom is -0.350 e. The summed E-state index contributed by atoms with van der Waals surface area (Å²) in [6.45, 7) is 3.22. The highest BCUT2D eigenvalue weighted by atomic mass is 16.1. The third-order valence-electron chi connectivity index (χ3n) is 4.71. The van der Waals surface area contributed by atoms with Crippen molar-refractivity contribution in [3.05, 3.63) is 94.2 Å². The molecule has 1 N–H and O–H groups in total. The summed E-state index contributed by atoms with van der Waals surface area (Å²) in [7, 11) is 0. The smallest absolute Gasteiger partial charge is 0.264 e. The number of nitrogens with zero attached hydrogens (tertiary/aromatic N) is 4. The molecule has 29 heavy (non-hydrogen) atoms. The largest absolute Gasteiger partial charge is 0.350 e. The van der Waals surface area contributed by atoms with Gasteiger partial charge in [0.15, 0.2) is 5.65 Å². The van der Waals surface area contributed by atoms with Crippen molar-refractivity contribution in [3.63, 3.8) is 0 Å². The molecule has 0 saturated carbocycles. The molecular weight excluding hydrogens is 366 g/mol. The molecule has 4 rings (SSSR count). The lowest BCUT2D eigenvalue weighted by Crippen LogP contribution is -2.27. The molecular formula is C22H21N5O2. The van der Waals surface area contributed by atoms with Crippen LogP contribution in [0.2, 0.25) is 0 Å². The molecule has 2 aromatic heterocycles. The highest BCUT2D eigenvalue weighted by molar-refractivity contribution is 5.94. The fraction of sp³-hybridized carbons (Fsp3) is 0.182. The van der Waals surface area contributed by atoms with Crippen molar-refractivity contribution in [1.82, 2.24) is 24.6 Å². The molecule has 7 nitrogen and oxygen atoms in total. The minimum absolute atomic E-state index is 0.131. The van der Waals surface area contributed by atoms with Gasteiger partial charge in [0.1, 0.15) is 11.7 Å². The predicted molar refractivity (Wildman–Crippen MR) is 111 cm³/mol. The third kappa shape index (κ3) is 4.08. The van der Waals surface area contributed by atoms with Crippen LogP contribution in [0.1, 0.15) is 21.5 Å². The molecule has 0 radical (unpaired) electrons. The van der Waals surface area contributed by atoms with Crippen molar-refractivity contribution in [2.45, 2.75) is 20.0 Å². The standard InChI is InChI=1S/C22H21N5O2/c1-16-6-5-9-18(12-16)21(28)23-10-11-27-20-19(13-25-27)22(29)26(15-24-20)14-17-7-3-2-4-8-17/h2-9,12-13,15H,10-11,14H2,1H3,(H,23,28). The van der Waals surface area contributed by atoms with Gasteiger partial charge in [-0.05, 0) is 24.6 Å². The third-order valence-corrected chi connectivity index (χ3v) is 4.71. The lowest BCUT2D eigenvalue weighted by molar-refractivity contribution is 0.0952. The van der Waals surface area contributed by atoms with Crippen molar-refractivity contribution >= 4 is 16.9 Å². The maximum Gasteiger partial charge on any atom is 0.264 e. The lowest BCUT2D eigenvalue weighted by atomic mass is 10.1. The summed E-state index contributed by atoms with van der Waals surface area (Å²) in [5, 5.41) is 7.62. The summed E-state index contributed by atoms with van der Waals surface area (Å²) in [5.74, 6) is -0.136. The number of carbonyl (C=O) groups excluding carboxylic acids is 1. The quantitative estimate of drug-likeness (QED) is 0.551. The Morgan fingerprint density at radius 2 is 1.93 bits per heavy atom. The summed E-state index contributed by atoms with van der Waals surface area (Å²) in [5.41, 5.74) is 3.07. The van der Waals surface area contributed by atoms with Crippen LogP contribution in [0.25, 0.3) is 11.0 Å². The molecule has 0 aliphatic carbocycles. The van der Waals surface area contributed by atoms with Crippen molar-refractivity contribution in [3.8, 4) is 0 Å². The zero-order valence-corrected chi connectivity index (χ0v) is 16.1. The Morgan fingerprint density at radius 3 is 2.72 bits per heavy atom. The highest BCUT2D eigenvalue weighted by Gasteiger charge is 2.11. The van der Waals surface area contributed by atoms with Crippen LogP contribution >= 0.6 is 0 Å². The fourth-order valence-electron chi connectivity index (χ4n) is 3.22. The summed E-state index contributed by atoms with van der Waals surface area (Å²) in [6.07, 6.45) is 3.08. The second-order valence-electron chi connectivity index (χ2n) is 6.89. The molecule has 0 bridgehead atoms. The first kappa shape index (κ1) is 18.6. The van der Waals surface area contributed by atoms with Gasteiger partial charge in [-0.1, -0.05) is 48.0 Å². The van der Waals surface area contributed by atoms with Crippen LogP contribution in [0.4, 0.5) is 0 Å². The Labute approximate surface area is 167 Å². The topological polar surface area (TPSA) is 81.8 Å². The number of carbonyl (C=O) groups is 1. The number of aromatic nitrogens is 4. The second-order valence-corrected chi connectivity index (χ2v) is 6.89. The number of aryl methyl sites for hydroxylation is 1. The van der Waals surface area contributed by atoms with Crippen molar-refractivity contribution in [1.29, 1.82) is 0 Å². The molecule has 0 spiro atoms. The van der Waals surface area contributed by atoms with Gasteiger partial charge in [0.2, 0.25) is 0 Å². The molecule has 0 fully saturated rings. The molecule has 7 heteroatoms. The molecule has 0 unspecified atom stereocenters. The van der Waals surface area contributed by atoms with Gasteiger partial charge in [-0.15, -0.1) is 0 Å². The lowest BCUT2D eigenvalue weighted by Gasteiger charge is -2.08. The highest BCUT2D eigenvalue weighted by Crippen LogP contribution is 2.07. The maximum atomic E-state index is 12.7. The summed E-state index contributed by atoms with van der Waals surface area (Å²) < 4.78 is 3.21. The van der Waals surface area contributed by atoms with E-state index in [0.717, 1.165) is 11.1 Å². The van der Waals surface area contributed by atoms with Gasteiger partial charge < -0.3 is 5.32 Å². The van der Waals surface area contributed by atoms with E-state index >= 15 is 0 Å². The summed E-state index contributed by atoms with van der Waals surface area (Å²) in [4.78, 5) is 29.4. The zero-order valence-electron chi connectivity index (χ0n) is 16.1. The van der Waals surface area contributed by atoms with Gasteiger partial charge in [-0.2, -0.15) is 5.10 Å². The first-order valence-corrected chi connectivity index (χ1v) is 9.41. The van der Waals surface area contributed by atoms with Gasteiger partial charge in [0.05, 0.1) is 19.3 Å². The van der Waals surface area contributed by atoms with Crippen molar-refractivity contribution in [2.24, 2.45) is 0 Å². The van der Waals surface area contributed by atoms with E-state index < -0.39 is 0 Å². The number of amides is 1. The molecule has 2 heterocycles. The Balaban J connectivity index is 1.46. The van der Waals surface area contributed by atoms with E-state index in [2.05, 4.69) is 15.4 Å². The number of hydrogen-bond acceptors (Lipinski definition) is 4. The van der Waals surface area contributed by atoms with Crippen LogP contribution in [0, 0.1) is 6.92 Å². The average Bonchev–Trinajstić information content (AvgIpc) is 3.14. The first-order valence-electron chi connectivity index (χ1n) is 9.41. The van der Waals surface area contributed by atoms with Crippen LogP contribution in [-0.4, -0.2) is 31.8 Å². The van der Waals surface area contributed by atoms with Crippen molar-refractivity contribution < 1.29 is 4.79 Å². The van der Waals surface area contributed by atoms with Gasteiger partial charge in [-0.3, -0.25) is 14.2 Å². The van der Waals surface area contributed by atoms with E-state index in [-0.39, 0.29) is 11.5 Å². The number of rotatable bonds is 6. The molecule has 1 amide bonds. The van der Waals surface area contributed by atoms with Crippen molar-refractivity contribution in [2.75, 3.05) is 6.54 Å². The van der Waals surface area contributed by atoms with Crippen LogP contribution in [0.5, 0.6) is 0 Å². The number of benzene rings is 2. The normalized spacial score (nSPS) is 10.9. The van der Waals surface area contributed by atoms with Gasteiger partial charge >= 0.3 is 0 Å². The van der Waals surface area contributed by atoms with E-state index in [9.17, 15) is 9.59 Å². The summed E-state index contributed by atoms with van der Waals surface area (Å²) >= 11 is 0. The first-order chi connectivity index (χ1) is 14.1. The van der Waals surface area contributed by atoms with E-state index in [4.69, 9.17) is 0 Å². The Hall–Kier alpha value is -3.74. The Morgan fingerprint density at radius 1 is 1.10 bits per heavy atom. The Kier molecular flexibility index (Phi) is 5.20. The minimum atomic E-state index is -0.136. The SMILES string of the molecule is Cc1cccc(C(=O)NCCn2ncc3c(=O)n(Cc4ccccc4)cnc32)c1. The molecule has 146 valence electrons. The van der Waals surface area contributed by atoms with E-state index in [1.807, 2.05) is 55.5 Å². The maximum absolute atomic E-state index is 12.7. The molecule has 4 aromatic rings. The molecule has 0 aliphatic heterocycles. The monoisotopic (exact) mass is 387 g/mol. The molecule has 0 saturated heterocycles. The van der Waals surface area contributed by atoms with E-state index in [0.29, 0.717) is 36.2 Å². The zero-order chi connectivity index (χ0) is 20.2. The second kappa shape index (κ2) is 8.10. The summed E-state index contributed by atoms with van der Waals surface area (Å²) in [6, 6.07) is 17.2. The molecule has 0 aliphatic rings. The van der Waals surface area contributed by atoms with Crippen LogP contribution in [0.3, 0.4) is 0 Å². The van der Waals surface area contributed by atoms with E-state index in [1.54, 1.807) is 21.6 Å². The van der Waals surface area contributed by atoms with Gasteiger partial charge in [0, 0.05) is 12.1 Å². The van der Waals surface area contributed by atoms with Gasteiger partial charge in [0.25, 0.3) is 11.5 Å². The number of nitrogens with one attached hydrogen (secondary N) is 1. The van der Waals surface area contributed by atoms with E-state index in [1.165, 1.54) is 6.20 Å². The predicted octanol–water partition coefficient (Wildman–Crippen LogP) is 2.38. The average molecular weight is 387 g/mol. The molecule has 0 atom stereocenters. The Bertz CT molecular complexity index is 1210. The van der Waals surface area contributed by atoms with Crippen LogP contribution in [0.15, 0.2) is 71.9 Å². The van der Waals surface area contributed by atoms with Gasteiger partial charge in [-0.25, -0.2) is 9.67 Å². The number of hydrogen-bond donors (Lipinski definition) is 1.